The molecule has 1 atom stereocenters. The number of amides is 2. The Morgan fingerprint density at radius 3 is 2.74 bits per heavy atom. The molecule has 0 radical (unpaired) electrons. The minimum atomic E-state index is -0.0731. The van der Waals surface area contributed by atoms with E-state index in [0.717, 1.165) is 12.2 Å². The zero-order valence-electron chi connectivity index (χ0n) is 13.8. The molecule has 0 aliphatic carbocycles. The van der Waals surface area contributed by atoms with E-state index in [1.54, 1.807) is 16.8 Å². The quantitative estimate of drug-likeness (QED) is 0.754. The molecule has 0 spiro atoms. The smallest absolute Gasteiger partial charge is 0.246 e. The van der Waals surface area contributed by atoms with Crippen molar-refractivity contribution >= 4 is 11.8 Å². The zero-order chi connectivity index (χ0) is 16.8. The first kappa shape index (κ1) is 17.1. The van der Waals surface area contributed by atoms with Crippen molar-refractivity contribution in [3.63, 3.8) is 0 Å². The zero-order valence-corrected chi connectivity index (χ0v) is 13.8. The molecular formula is C18H24N2O3. The molecule has 0 unspecified atom stereocenters. The molecule has 124 valence electrons. The molecule has 1 aliphatic heterocycles. The van der Waals surface area contributed by atoms with E-state index in [-0.39, 0.29) is 17.9 Å². The molecule has 23 heavy (non-hydrogen) atoms. The molecular weight excluding hydrogens is 292 g/mol. The molecule has 5 heteroatoms. The molecule has 0 saturated carbocycles. The van der Waals surface area contributed by atoms with Crippen LogP contribution in [0.2, 0.25) is 0 Å². The summed E-state index contributed by atoms with van der Waals surface area (Å²) in [7, 11) is 1.79. The highest BCUT2D eigenvalue weighted by Gasteiger charge is 2.29. The van der Waals surface area contributed by atoms with Crippen LogP contribution in [0.15, 0.2) is 36.9 Å². The molecule has 2 rings (SSSR count). The summed E-state index contributed by atoms with van der Waals surface area (Å²) in [4.78, 5) is 27.3. The number of nitrogens with zero attached hydrogens (tertiary/aromatic N) is 2. The summed E-state index contributed by atoms with van der Waals surface area (Å²) in [6.07, 6.45) is 2.45. The highest BCUT2D eigenvalue weighted by molar-refractivity contribution is 5.87. The SMILES string of the molecule is C=CC(=O)N1CC[C@H](N(C)C(=O)CCOc2ccc(C)cc2)C1. The monoisotopic (exact) mass is 316 g/mol. The second-order valence-corrected chi connectivity index (χ2v) is 5.85. The van der Waals surface area contributed by atoms with Gasteiger partial charge in [-0.05, 0) is 31.6 Å². The van der Waals surface area contributed by atoms with E-state index in [2.05, 4.69) is 6.58 Å². The Hall–Kier alpha value is -2.30. The van der Waals surface area contributed by atoms with Gasteiger partial charge in [0.25, 0.3) is 0 Å². The fourth-order valence-electron chi connectivity index (χ4n) is 2.66. The molecule has 0 bridgehead atoms. The fraction of sp³-hybridized carbons (Fsp3) is 0.444. The van der Waals surface area contributed by atoms with Crippen molar-refractivity contribution in [2.45, 2.75) is 25.8 Å². The molecule has 0 aromatic heterocycles. The Bertz CT molecular complexity index is 568. The number of ether oxygens (including phenoxy) is 1. The summed E-state index contributed by atoms with van der Waals surface area (Å²) in [6.45, 7) is 7.12. The van der Waals surface area contributed by atoms with Gasteiger partial charge in [0.1, 0.15) is 5.75 Å². The van der Waals surface area contributed by atoms with Gasteiger partial charge in [0.15, 0.2) is 0 Å². The maximum atomic E-state index is 12.2. The maximum Gasteiger partial charge on any atom is 0.246 e. The van der Waals surface area contributed by atoms with E-state index < -0.39 is 0 Å². The number of carbonyl (C=O) groups is 2. The number of likely N-dealkylation sites (N-methyl/N-ethyl adjacent to an activating group) is 1. The Balaban J connectivity index is 1.76. The molecule has 2 amide bonds. The molecule has 0 N–H and O–H groups in total. The number of rotatable bonds is 6. The molecule has 1 heterocycles. The summed E-state index contributed by atoms with van der Waals surface area (Å²) in [6, 6.07) is 7.84. The van der Waals surface area contributed by atoms with Crippen molar-refractivity contribution in [1.29, 1.82) is 0 Å². The number of benzene rings is 1. The van der Waals surface area contributed by atoms with E-state index in [1.165, 1.54) is 11.6 Å². The van der Waals surface area contributed by atoms with Gasteiger partial charge in [0.05, 0.1) is 19.1 Å². The largest absolute Gasteiger partial charge is 0.493 e. The van der Waals surface area contributed by atoms with Crippen LogP contribution in [0.1, 0.15) is 18.4 Å². The van der Waals surface area contributed by atoms with Crippen LogP contribution < -0.4 is 4.74 Å². The minimum absolute atomic E-state index is 0.0370. The lowest BCUT2D eigenvalue weighted by Gasteiger charge is -2.24. The molecule has 1 aliphatic rings. The van der Waals surface area contributed by atoms with Crippen molar-refractivity contribution in [2.24, 2.45) is 0 Å². The molecule has 1 aromatic carbocycles. The summed E-state index contributed by atoms with van der Waals surface area (Å²) < 4.78 is 5.60. The van der Waals surface area contributed by atoms with Gasteiger partial charge in [-0.15, -0.1) is 0 Å². The lowest BCUT2D eigenvalue weighted by molar-refractivity contribution is -0.133. The van der Waals surface area contributed by atoms with Crippen molar-refractivity contribution in [3.8, 4) is 5.75 Å². The van der Waals surface area contributed by atoms with Crippen LogP contribution >= 0.6 is 0 Å². The van der Waals surface area contributed by atoms with Crippen molar-refractivity contribution in [3.05, 3.63) is 42.5 Å². The topological polar surface area (TPSA) is 49.9 Å². The van der Waals surface area contributed by atoms with Crippen molar-refractivity contribution in [2.75, 3.05) is 26.7 Å². The predicted octanol–water partition coefficient (Wildman–Crippen LogP) is 2.01. The summed E-state index contributed by atoms with van der Waals surface area (Å²) in [5.74, 6) is 0.737. The van der Waals surface area contributed by atoms with Crippen LogP contribution in [0.3, 0.4) is 0 Å². The third-order valence-electron chi connectivity index (χ3n) is 4.20. The fourth-order valence-corrected chi connectivity index (χ4v) is 2.66. The first-order valence-corrected chi connectivity index (χ1v) is 7.87. The molecule has 1 fully saturated rings. The van der Waals surface area contributed by atoms with Crippen LogP contribution in [0.4, 0.5) is 0 Å². The van der Waals surface area contributed by atoms with E-state index in [9.17, 15) is 9.59 Å². The lowest BCUT2D eigenvalue weighted by Crippen LogP contribution is -2.40. The Morgan fingerprint density at radius 1 is 1.39 bits per heavy atom. The van der Waals surface area contributed by atoms with Gasteiger partial charge < -0.3 is 14.5 Å². The van der Waals surface area contributed by atoms with Gasteiger partial charge in [-0.1, -0.05) is 24.3 Å². The Morgan fingerprint density at radius 2 is 2.09 bits per heavy atom. The van der Waals surface area contributed by atoms with E-state index in [0.29, 0.717) is 26.1 Å². The van der Waals surface area contributed by atoms with Gasteiger partial charge in [-0.2, -0.15) is 0 Å². The van der Waals surface area contributed by atoms with Gasteiger partial charge in [0, 0.05) is 20.1 Å². The average molecular weight is 316 g/mol. The van der Waals surface area contributed by atoms with Gasteiger partial charge in [0.2, 0.25) is 11.8 Å². The normalized spacial score (nSPS) is 17.0. The molecule has 1 aromatic rings. The Labute approximate surface area is 137 Å². The predicted molar refractivity (Wildman–Crippen MR) is 89.2 cm³/mol. The van der Waals surface area contributed by atoms with Gasteiger partial charge >= 0.3 is 0 Å². The van der Waals surface area contributed by atoms with Crippen LogP contribution in [-0.2, 0) is 9.59 Å². The second kappa shape index (κ2) is 7.81. The highest BCUT2D eigenvalue weighted by Crippen LogP contribution is 2.16. The first-order valence-electron chi connectivity index (χ1n) is 7.87. The lowest BCUT2D eigenvalue weighted by atomic mass is 10.2. The summed E-state index contributed by atoms with van der Waals surface area (Å²) in [5.41, 5.74) is 1.17. The first-order chi connectivity index (χ1) is 11.0. The van der Waals surface area contributed by atoms with E-state index in [1.807, 2.05) is 31.2 Å². The third kappa shape index (κ3) is 4.58. The molecule has 1 saturated heterocycles. The van der Waals surface area contributed by atoms with Gasteiger partial charge in [-0.3, -0.25) is 9.59 Å². The maximum absolute atomic E-state index is 12.2. The number of likely N-dealkylation sites (tertiary alicyclic amines) is 1. The van der Waals surface area contributed by atoms with Crippen molar-refractivity contribution in [1.82, 2.24) is 9.80 Å². The standard InChI is InChI=1S/C18H24N2O3/c1-4-17(21)20-11-9-15(13-20)19(3)18(22)10-12-23-16-7-5-14(2)6-8-16/h4-8,15H,1,9-13H2,2-3H3/t15-/m0/s1. The van der Waals surface area contributed by atoms with Crippen LogP contribution in [0.25, 0.3) is 0 Å². The third-order valence-corrected chi connectivity index (χ3v) is 4.20. The molecule has 5 nitrogen and oxygen atoms in total. The number of carbonyl (C=O) groups excluding carboxylic acids is 2. The van der Waals surface area contributed by atoms with Crippen LogP contribution in [0.5, 0.6) is 5.75 Å². The number of hydrogen-bond donors (Lipinski definition) is 0. The summed E-state index contributed by atoms with van der Waals surface area (Å²) >= 11 is 0. The van der Waals surface area contributed by atoms with E-state index in [4.69, 9.17) is 4.74 Å². The summed E-state index contributed by atoms with van der Waals surface area (Å²) in [5, 5.41) is 0. The number of hydrogen-bond acceptors (Lipinski definition) is 3. The number of aryl methyl sites for hydroxylation is 1. The van der Waals surface area contributed by atoms with E-state index >= 15 is 0 Å². The minimum Gasteiger partial charge on any atom is -0.493 e. The average Bonchev–Trinajstić information content (AvgIpc) is 3.05. The van der Waals surface area contributed by atoms with Gasteiger partial charge in [-0.25, -0.2) is 0 Å². The van der Waals surface area contributed by atoms with Crippen LogP contribution in [0, 0.1) is 6.92 Å². The highest BCUT2D eigenvalue weighted by atomic mass is 16.5. The Kier molecular flexibility index (Phi) is 5.79. The van der Waals surface area contributed by atoms with Crippen LogP contribution in [-0.4, -0.2) is 54.4 Å². The van der Waals surface area contributed by atoms with Crippen molar-refractivity contribution < 1.29 is 14.3 Å². The second-order valence-electron chi connectivity index (χ2n) is 5.85.